The SMILES string of the molecule is Cc1cccn2nc(NCC3(O)CCC(C)(C)CC3)nc12. The molecule has 0 bridgehead atoms. The Bertz CT molecular complexity index is 637. The number of aliphatic hydroxyl groups is 1. The maximum Gasteiger partial charge on any atom is 0.243 e. The number of aryl methyl sites for hydroxylation is 1. The summed E-state index contributed by atoms with van der Waals surface area (Å²) >= 11 is 0. The topological polar surface area (TPSA) is 62.5 Å². The zero-order valence-corrected chi connectivity index (χ0v) is 13.1. The fraction of sp³-hybridized carbons (Fsp3) is 0.625. The van der Waals surface area contributed by atoms with Crippen molar-refractivity contribution in [3.8, 4) is 0 Å². The van der Waals surface area contributed by atoms with E-state index in [0.717, 1.165) is 36.9 Å². The average Bonchev–Trinajstić information content (AvgIpc) is 2.86. The first-order valence-corrected chi connectivity index (χ1v) is 7.65. The van der Waals surface area contributed by atoms with E-state index in [2.05, 4.69) is 29.2 Å². The first-order chi connectivity index (χ1) is 9.87. The molecule has 0 unspecified atom stereocenters. The zero-order chi connectivity index (χ0) is 15.1. The van der Waals surface area contributed by atoms with Gasteiger partial charge < -0.3 is 10.4 Å². The van der Waals surface area contributed by atoms with Crippen LogP contribution in [0, 0.1) is 12.3 Å². The third-order valence-electron chi connectivity index (χ3n) is 4.67. The van der Waals surface area contributed by atoms with Gasteiger partial charge in [-0.2, -0.15) is 4.98 Å². The second kappa shape index (κ2) is 4.98. The van der Waals surface area contributed by atoms with Gasteiger partial charge in [0.2, 0.25) is 5.95 Å². The van der Waals surface area contributed by atoms with Crippen molar-refractivity contribution >= 4 is 11.6 Å². The fourth-order valence-electron chi connectivity index (χ4n) is 2.93. The monoisotopic (exact) mass is 288 g/mol. The maximum atomic E-state index is 10.7. The van der Waals surface area contributed by atoms with Crippen LogP contribution in [0.15, 0.2) is 18.3 Å². The lowest BCUT2D eigenvalue weighted by atomic mass is 9.71. The number of anilines is 1. The maximum absolute atomic E-state index is 10.7. The average molecular weight is 288 g/mol. The van der Waals surface area contributed by atoms with Crippen molar-refractivity contribution in [2.24, 2.45) is 5.41 Å². The van der Waals surface area contributed by atoms with E-state index in [0.29, 0.717) is 17.9 Å². The molecule has 5 heteroatoms. The Hall–Kier alpha value is -1.62. The number of nitrogens with zero attached hydrogens (tertiary/aromatic N) is 3. The van der Waals surface area contributed by atoms with Crippen LogP contribution in [0.4, 0.5) is 5.95 Å². The smallest absolute Gasteiger partial charge is 0.243 e. The number of hydrogen-bond donors (Lipinski definition) is 2. The van der Waals surface area contributed by atoms with E-state index in [1.54, 1.807) is 4.52 Å². The van der Waals surface area contributed by atoms with E-state index < -0.39 is 5.60 Å². The summed E-state index contributed by atoms with van der Waals surface area (Å²) in [4.78, 5) is 4.49. The van der Waals surface area contributed by atoms with Gasteiger partial charge in [-0.25, -0.2) is 4.52 Å². The number of fused-ring (bicyclic) bond motifs is 1. The number of pyridine rings is 1. The van der Waals surface area contributed by atoms with Crippen LogP contribution in [0.1, 0.15) is 45.1 Å². The summed E-state index contributed by atoms with van der Waals surface area (Å²) < 4.78 is 1.77. The number of nitrogens with one attached hydrogen (secondary N) is 1. The van der Waals surface area contributed by atoms with E-state index in [-0.39, 0.29) is 0 Å². The summed E-state index contributed by atoms with van der Waals surface area (Å²) in [6.07, 6.45) is 5.67. The van der Waals surface area contributed by atoms with Crippen LogP contribution in [0.25, 0.3) is 5.65 Å². The summed E-state index contributed by atoms with van der Waals surface area (Å²) in [5, 5.41) is 18.3. The zero-order valence-electron chi connectivity index (χ0n) is 13.1. The van der Waals surface area contributed by atoms with E-state index in [4.69, 9.17) is 0 Å². The van der Waals surface area contributed by atoms with Crippen molar-refractivity contribution in [2.75, 3.05) is 11.9 Å². The van der Waals surface area contributed by atoms with Crippen LogP contribution < -0.4 is 5.32 Å². The van der Waals surface area contributed by atoms with Gasteiger partial charge in [0, 0.05) is 12.7 Å². The van der Waals surface area contributed by atoms with Crippen LogP contribution in [-0.2, 0) is 0 Å². The lowest BCUT2D eigenvalue weighted by Gasteiger charge is -2.40. The summed E-state index contributed by atoms with van der Waals surface area (Å²) in [7, 11) is 0. The molecule has 2 N–H and O–H groups in total. The molecule has 3 rings (SSSR count). The third kappa shape index (κ3) is 3.02. The van der Waals surface area contributed by atoms with Crippen LogP contribution in [0.2, 0.25) is 0 Å². The molecule has 0 aromatic carbocycles. The van der Waals surface area contributed by atoms with Crippen molar-refractivity contribution < 1.29 is 5.11 Å². The Morgan fingerprint density at radius 2 is 2.00 bits per heavy atom. The molecule has 1 aliphatic carbocycles. The minimum atomic E-state index is -0.637. The van der Waals surface area contributed by atoms with Crippen molar-refractivity contribution in [1.29, 1.82) is 0 Å². The van der Waals surface area contributed by atoms with Gasteiger partial charge in [0.1, 0.15) is 0 Å². The van der Waals surface area contributed by atoms with Crippen LogP contribution >= 0.6 is 0 Å². The van der Waals surface area contributed by atoms with Gasteiger partial charge in [0.25, 0.3) is 0 Å². The first kappa shape index (κ1) is 14.3. The molecule has 2 aromatic heterocycles. The third-order valence-corrected chi connectivity index (χ3v) is 4.67. The second-order valence-corrected chi connectivity index (χ2v) is 7.14. The molecule has 1 saturated carbocycles. The van der Waals surface area contributed by atoms with E-state index in [1.165, 1.54) is 0 Å². The predicted octanol–water partition coefficient (Wildman–Crippen LogP) is 2.78. The van der Waals surface area contributed by atoms with Crippen molar-refractivity contribution in [3.63, 3.8) is 0 Å². The molecule has 1 fully saturated rings. The number of aromatic nitrogens is 3. The molecular weight excluding hydrogens is 264 g/mol. The summed E-state index contributed by atoms with van der Waals surface area (Å²) in [6.45, 7) is 7.07. The summed E-state index contributed by atoms with van der Waals surface area (Å²) in [5.41, 5.74) is 1.67. The second-order valence-electron chi connectivity index (χ2n) is 7.14. The summed E-state index contributed by atoms with van der Waals surface area (Å²) in [6, 6.07) is 3.97. The molecule has 0 atom stereocenters. The first-order valence-electron chi connectivity index (χ1n) is 7.65. The lowest BCUT2D eigenvalue weighted by molar-refractivity contribution is -0.0146. The van der Waals surface area contributed by atoms with Gasteiger partial charge in [-0.1, -0.05) is 19.9 Å². The highest BCUT2D eigenvalue weighted by atomic mass is 16.3. The molecule has 1 aliphatic rings. The van der Waals surface area contributed by atoms with Gasteiger partial charge in [-0.3, -0.25) is 0 Å². The Morgan fingerprint density at radius 1 is 1.29 bits per heavy atom. The van der Waals surface area contributed by atoms with Crippen LogP contribution in [0.5, 0.6) is 0 Å². The fourth-order valence-corrected chi connectivity index (χ4v) is 2.93. The van der Waals surface area contributed by atoms with Gasteiger partial charge in [0.05, 0.1) is 5.60 Å². The van der Waals surface area contributed by atoms with E-state index >= 15 is 0 Å². The van der Waals surface area contributed by atoms with Gasteiger partial charge in [-0.15, -0.1) is 5.10 Å². The highest BCUT2D eigenvalue weighted by Crippen LogP contribution is 2.40. The highest BCUT2D eigenvalue weighted by Gasteiger charge is 2.36. The molecule has 5 nitrogen and oxygen atoms in total. The number of rotatable bonds is 3. The molecule has 2 aromatic rings. The van der Waals surface area contributed by atoms with Gasteiger partial charge in [-0.05, 0) is 49.7 Å². The Labute approximate surface area is 125 Å². The van der Waals surface area contributed by atoms with E-state index in [9.17, 15) is 5.11 Å². The standard InChI is InChI=1S/C16H24N4O/c1-12-5-4-10-20-13(12)18-14(19-20)17-11-16(21)8-6-15(2,3)7-9-16/h4-5,10,21H,6-9,11H2,1-3H3,(H,17,19). The Balaban J connectivity index is 1.68. The predicted molar refractivity (Wildman–Crippen MR) is 83.4 cm³/mol. The molecule has 21 heavy (non-hydrogen) atoms. The molecule has 2 heterocycles. The molecule has 0 spiro atoms. The van der Waals surface area contributed by atoms with E-state index in [1.807, 2.05) is 25.3 Å². The molecule has 114 valence electrons. The van der Waals surface area contributed by atoms with Crippen LogP contribution in [0.3, 0.4) is 0 Å². The molecule has 0 aliphatic heterocycles. The van der Waals surface area contributed by atoms with Gasteiger partial charge >= 0.3 is 0 Å². The Kier molecular flexibility index (Phi) is 3.40. The quantitative estimate of drug-likeness (QED) is 0.911. The van der Waals surface area contributed by atoms with Crippen molar-refractivity contribution in [3.05, 3.63) is 23.9 Å². The Morgan fingerprint density at radius 3 is 2.67 bits per heavy atom. The molecular formula is C16H24N4O. The molecule has 0 radical (unpaired) electrons. The highest BCUT2D eigenvalue weighted by molar-refractivity contribution is 5.49. The minimum Gasteiger partial charge on any atom is -0.388 e. The number of hydrogen-bond acceptors (Lipinski definition) is 4. The van der Waals surface area contributed by atoms with Gasteiger partial charge in [0.15, 0.2) is 5.65 Å². The minimum absolute atomic E-state index is 0.352. The van der Waals surface area contributed by atoms with Crippen molar-refractivity contribution in [2.45, 2.75) is 52.1 Å². The summed E-state index contributed by atoms with van der Waals surface area (Å²) in [5.74, 6) is 0.586. The molecule has 0 amide bonds. The lowest BCUT2D eigenvalue weighted by Crippen LogP contribution is -2.42. The largest absolute Gasteiger partial charge is 0.388 e. The van der Waals surface area contributed by atoms with Crippen LogP contribution in [-0.4, -0.2) is 31.9 Å². The normalized spacial score (nSPS) is 20.6. The van der Waals surface area contributed by atoms with Crippen molar-refractivity contribution in [1.82, 2.24) is 14.6 Å². The molecule has 0 saturated heterocycles.